The van der Waals surface area contributed by atoms with Gasteiger partial charge in [-0.25, -0.2) is 0 Å². The molecular formula is C15H24N2S. The molecule has 1 aromatic rings. The monoisotopic (exact) mass is 264 g/mol. The van der Waals surface area contributed by atoms with Crippen molar-refractivity contribution in [3.8, 4) is 0 Å². The molecule has 0 aliphatic carbocycles. The van der Waals surface area contributed by atoms with Gasteiger partial charge in [-0.15, -0.1) is 0 Å². The molecule has 1 aliphatic rings. The summed E-state index contributed by atoms with van der Waals surface area (Å²) < 4.78 is 0.407. The van der Waals surface area contributed by atoms with Crippen molar-refractivity contribution in [1.29, 1.82) is 0 Å². The van der Waals surface area contributed by atoms with E-state index in [4.69, 9.17) is 5.73 Å². The predicted molar refractivity (Wildman–Crippen MR) is 81.0 cm³/mol. The fourth-order valence-electron chi connectivity index (χ4n) is 2.52. The molecule has 0 aromatic heterocycles. The van der Waals surface area contributed by atoms with Crippen LogP contribution in [0.4, 0.5) is 0 Å². The largest absolute Gasteiger partial charge is 0.329 e. The first-order valence-electron chi connectivity index (χ1n) is 6.75. The average Bonchev–Trinajstić information content (AvgIpc) is 2.54. The molecule has 0 spiro atoms. The van der Waals surface area contributed by atoms with E-state index in [1.165, 1.54) is 17.7 Å². The SMILES string of the molecule is CC1(C)CCN(C(CN)c2ccccc2)CCS1. The Morgan fingerprint density at radius 2 is 2.00 bits per heavy atom. The van der Waals surface area contributed by atoms with Crippen molar-refractivity contribution >= 4 is 11.8 Å². The number of thioether (sulfide) groups is 1. The van der Waals surface area contributed by atoms with Crippen molar-refractivity contribution in [3.05, 3.63) is 35.9 Å². The third kappa shape index (κ3) is 3.50. The second-order valence-electron chi connectivity index (χ2n) is 5.56. The number of nitrogens with zero attached hydrogens (tertiary/aromatic N) is 1. The van der Waals surface area contributed by atoms with Gasteiger partial charge in [0.1, 0.15) is 0 Å². The van der Waals surface area contributed by atoms with Crippen LogP contribution >= 0.6 is 11.8 Å². The van der Waals surface area contributed by atoms with Gasteiger partial charge in [-0.3, -0.25) is 4.90 Å². The number of hydrogen-bond donors (Lipinski definition) is 1. The van der Waals surface area contributed by atoms with Gasteiger partial charge >= 0.3 is 0 Å². The first kappa shape index (κ1) is 13.9. The maximum absolute atomic E-state index is 6.01. The highest BCUT2D eigenvalue weighted by Gasteiger charge is 2.27. The third-order valence-electron chi connectivity index (χ3n) is 3.72. The van der Waals surface area contributed by atoms with E-state index in [0.717, 1.165) is 13.1 Å². The van der Waals surface area contributed by atoms with Gasteiger partial charge in [0, 0.05) is 36.2 Å². The van der Waals surface area contributed by atoms with Crippen LogP contribution in [0.5, 0.6) is 0 Å². The van der Waals surface area contributed by atoms with Crippen molar-refractivity contribution in [3.63, 3.8) is 0 Å². The molecule has 0 saturated carbocycles. The van der Waals surface area contributed by atoms with Gasteiger partial charge in [-0.2, -0.15) is 11.8 Å². The first-order valence-corrected chi connectivity index (χ1v) is 7.74. The summed E-state index contributed by atoms with van der Waals surface area (Å²) in [4.78, 5) is 2.55. The zero-order chi connectivity index (χ0) is 13.0. The second-order valence-corrected chi connectivity index (χ2v) is 7.36. The lowest BCUT2D eigenvalue weighted by Crippen LogP contribution is -2.35. The Morgan fingerprint density at radius 1 is 1.28 bits per heavy atom. The van der Waals surface area contributed by atoms with Crippen LogP contribution in [-0.2, 0) is 0 Å². The van der Waals surface area contributed by atoms with E-state index in [1.807, 2.05) is 0 Å². The molecule has 2 rings (SSSR count). The topological polar surface area (TPSA) is 29.3 Å². The Hall–Kier alpha value is -0.510. The van der Waals surface area contributed by atoms with Crippen molar-refractivity contribution in [1.82, 2.24) is 4.90 Å². The fraction of sp³-hybridized carbons (Fsp3) is 0.600. The van der Waals surface area contributed by atoms with Crippen molar-refractivity contribution in [2.75, 3.05) is 25.4 Å². The van der Waals surface area contributed by atoms with E-state index < -0.39 is 0 Å². The Kier molecular flexibility index (Phi) is 4.71. The van der Waals surface area contributed by atoms with Crippen LogP contribution in [0.15, 0.2) is 30.3 Å². The molecule has 1 heterocycles. The Balaban J connectivity index is 2.09. The van der Waals surface area contributed by atoms with Crippen LogP contribution in [0.1, 0.15) is 31.9 Å². The number of hydrogen-bond acceptors (Lipinski definition) is 3. The van der Waals surface area contributed by atoms with Crippen LogP contribution in [0.2, 0.25) is 0 Å². The second kappa shape index (κ2) is 6.09. The summed E-state index contributed by atoms with van der Waals surface area (Å²) in [5.74, 6) is 1.20. The van der Waals surface area contributed by atoms with E-state index >= 15 is 0 Å². The van der Waals surface area contributed by atoms with Gasteiger partial charge in [0.05, 0.1) is 0 Å². The third-order valence-corrected chi connectivity index (χ3v) is 5.09. The zero-order valence-corrected chi connectivity index (χ0v) is 12.2. The smallest absolute Gasteiger partial charge is 0.0470 e. The standard InChI is InChI=1S/C15H24N2S/c1-15(2)8-9-17(10-11-18-15)14(12-16)13-6-4-3-5-7-13/h3-7,14H,8-12,16H2,1-2H3. The first-order chi connectivity index (χ1) is 8.62. The molecule has 100 valence electrons. The molecular weight excluding hydrogens is 240 g/mol. The summed E-state index contributed by atoms with van der Waals surface area (Å²) in [7, 11) is 0. The van der Waals surface area contributed by atoms with Gasteiger partial charge in [0.15, 0.2) is 0 Å². The van der Waals surface area contributed by atoms with Crippen LogP contribution < -0.4 is 5.73 Å². The summed E-state index contributed by atoms with van der Waals surface area (Å²) in [5.41, 5.74) is 7.36. The van der Waals surface area contributed by atoms with E-state index in [1.54, 1.807) is 0 Å². The number of rotatable bonds is 3. The van der Waals surface area contributed by atoms with Crippen molar-refractivity contribution < 1.29 is 0 Å². The normalized spacial score (nSPS) is 22.4. The van der Waals surface area contributed by atoms with Crippen molar-refractivity contribution in [2.45, 2.75) is 31.1 Å². The Morgan fingerprint density at radius 3 is 2.67 bits per heavy atom. The number of benzene rings is 1. The van der Waals surface area contributed by atoms with E-state index in [-0.39, 0.29) is 0 Å². The summed E-state index contributed by atoms with van der Waals surface area (Å²) in [6.45, 7) is 7.69. The molecule has 1 aliphatic heterocycles. The van der Waals surface area contributed by atoms with E-state index in [2.05, 4.69) is 60.8 Å². The molecule has 3 heteroatoms. The van der Waals surface area contributed by atoms with E-state index in [9.17, 15) is 0 Å². The molecule has 0 amide bonds. The van der Waals surface area contributed by atoms with Gasteiger partial charge in [0.25, 0.3) is 0 Å². The molecule has 18 heavy (non-hydrogen) atoms. The predicted octanol–water partition coefficient (Wildman–Crippen LogP) is 2.90. The lowest BCUT2D eigenvalue weighted by Gasteiger charge is -2.30. The maximum Gasteiger partial charge on any atom is 0.0470 e. The molecule has 0 radical (unpaired) electrons. The van der Waals surface area contributed by atoms with Gasteiger partial charge in [-0.1, -0.05) is 44.2 Å². The molecule has 1 saturated heterocycles. The zero-order valence-electron chi connectivity index (χ0n) is 11.4. The van der Waals surface area contributed by atoms with Gasteiger partial charge in [-0.05, 0) is 12.0 Å². The Bertz CT molecular complexity index is 364. The van der Waals surface area contributed by atoms with Crippen LogP contribution in [0.3, 0.4) is 0 Å². The molecule has 1 atom stereocenters. The van der Waals surface area contributed by atoms with E-state index in [0.29, 0.717) is 17.3 Å². The molecule has 2 N–H and O–H groups in total. The lowest BCUT2D eigenvalue weighted by molar-refractivity contribution is 0.211. The van der Waals surface area contributed by atoms with Crippen LogP contribution in [0, 0.1) is 0 Å². The van der Waals surface area contributed by atoms with Crippen LogP contribution in [0.25, 0.3) is 0 Å². The molecule has 1 fully saturated rings. The summed E-state index contributed by atoms with van der Waals surface area (Å²) in [6.07, 6.45) is 1.24. The average molecular weight is 264 g/mol. The molecule has 1 unspecified atom stereocenters. The summed E-state index contributed by atoms with van der Waals surface area (Å²) >= 11 is 2.09. The minimum atomic E-state index is 0.376. The minimum Gasteiger partial charge on any atom is -0.329 e. The highest BCUT2D eigenvalue weighted by Crippen LogP contribution is 2.33. The highest BCUT2D eigenvalue weighted by molar-refractivity contribution is 8.00. The van der Waals surface area contributed by atoms with Gasteiger partial charge in [0.2, 0.25) is 0 Å². The molecule has 1 aromatic carbocycles. The summed E-state index contributed by atoms with van der Waals surface area (Å²) in [5, 5.41) is 0. The van der Waals surface area contributed by atoms with Gasteiger partial charge < -0.3 is 5.73 Å². The highest BCUT2D eigenvalue weighted by atomic mass is 32.2. The minimum absolute atomic E-state index is 0.376. The lowest BCUT2D eigenvalue weighted by atomic mass is 10.0. The summed E-state index contributed by atoms with van der Waals surface area (Å²) in [6, 6.07) is 11.0. The number of nitrogens with two attached hydrogens (primary N) is 1. The molecule has 2 nitrogen and oxygen atoms in total. The fourth-order valence-corrected chi connectivity index (χ4v) is 3.63. The van der Waals surface area contributed by atoms with Crippen LogP contribution in [-0.4, -0.2) is 35.0 Å². The maximum atomic E-state index is 6.01. The molecule has 0 bridgehead atoms. The van der Waals surface area contributed by atoms with Crippen molar-refractivity contribution in [2.24, 2.45) is 5.73 Å². The Labute approximate surface area is 115 Å². The quantitative estimate of drug-likeness (QED) is 0.910.